The van der Waals surface area contributed by atoms with Gasteiger partial charge >= 0.3 is 0 Å². The Morgan fingerprint density at radius 1 is 1.40 bits per heavy atom. The third kappa shape index (κ3) is 2.49. The van der Waals surface area contributed by atoms with Gasteiger partial charge < -0.3 is 9.30 Å². The van der Waals surface area contributed by atoms with Crippen LogP contribution in [-0.4, -0.2) is 21.9 Å². The van der Waals surface area contributed by atoms with Gasteiger partial charge in [-0.3, -0.25) is 0 Å². The largest absolute Gasteiger partial charge is 0.371 e. The van der Waals surface area contributed by atoms with Gasteiger partial charge in [-0.2, -0.15) is 0 Å². The topological polar surface area (TPSA) is 39.9 Å². The lowest BCUT2D eigenvalue weighted by molar-refractivity contribution is 0.00806. The van der Waals surface area contributed by atoms with Crippen LogP contribution in [0.25, 0.3) is 0 Å². The summed E-state index contributed by atoms with van der Waals surface area (Å²) >= 11 is 5.81. The smallest absolute Gasteiger partial charge is 0.164 e. The fourth-order valence-electron chi connectivity index (χ4n) is 1.43. The van der Waals surface area contributed by atoms with Gasteiger partial charge in [-0.05, 0) is 20.3 Å². The second-order valence-electron chi connectivity index (χ2n) is 3.94. The Hall–Kier alpha value is -0.610. The summed E-state index contributed by atoms with van der Waals surface area (Å²) in [5.74, 6) is 2.02. The summed E-state index contributed by atoms with van der Waals surface area (Å²) in [6.07, 6.45) is 1.02. The van der Waals surface area contributed by atoms with Gasteiger partial charge in [-0.1, -0.05) is 6.92 Å². The van der Waals surface area contributed by atoms with Gasteiger partial charge in [0.05, 0.1) is 5.88 Å². The van der Waals surface area contributed by atoms with Gasteiger partial charge in [0.1, 0.15) is 11.4 Å². The lowest BCUT2D eigenvalue weighted by Gasteiger charge is -2.22. The number of rotatable bonds is 5. The molecule has 0 aliphatic carbocycles. The second-order valence-corrected chi connectivity index (χ2v) is 4.21. The molecule has 1 aromatic heterocycles. The zero-order valence-electron chi connectivity index (χ0n) is 9.75. The Labute approximate surface area is 95.6 Å². The number of ether oxygens (including phenoxy) is 1. The van der Waals surface area contributed by atoms with Gasteiger partial charge in [0, 0.05) is 13.7 Å². The van der Waals surface area contributed by atoms with Crippen LogP contribution in [0.2, 0.25) is 0 Å². The molecule has 0 saturated carbocycles. The number of alkyl halides is 1. The molecular weight excluding hydrogens is 214 g/mol. The normalized spacial score (nSPS) is 12.1. The van der Waals surface area contributed by atoms with E-state index in [4.69, 9.17) is 16.3 Å². The molecule has 0 radical (unpaired) electrons. The molecule has 1 rings (SSSR count). The molecule has 0 spiro atoms. The molecule has 0 amide bonds. The van der Waals surface area contributed by atoms with Crippen molar-refractivity contribution in [2.45, 2.75) is 45.2 Å². The number of aromatic nitrogens is 3. The van der Waals surface area contributed by atoms with E-state index in [0.717, 1.165) is 24.6 Å². The molecule has 0 fully saturated rings. The van der Waals surface area contributed by atoms with E-state index >= 15 is 0 Å². The highest BCUT2D eigenvalue weighted by Crippen LogP contribution is 2.23. The Bertz CT molecular complexity index is 322. The van der Waals surface area contributed by atoms with Crippen LogP contribution in [0, 0.1) is 0 Å². The van der Waals surface area contributed by atoms with Crippen molar-refractivity contribution in [2.24, 2.45) is 0 Å². The molecule has 0 saturated heterocycles. The van der Waals surface area contributed by atoms with Crippen LogP contribution >= 0.6 is 11.6 Å². The van der Waals surface area contributed by atoms with Crippen LogP contribution in [0.15, 0.2) is 0 Å². The first-order chi connectivity index (χ1) is 7.06. The number of halogens is 1. The summed E-state index contributed by atoms with van der Waals surface area (Å²) in [5.41, 5.74) is -0.424. The molecule has 0 aromatic carbocycles. The van der Waals surface area contributed by atoms with E-state index in [1.165, 1.54) is 0 Å². The molecule has 0 N–H and O–H groups in total. The third-order valence-corrected chi connectivity index (χ3v) is 2.68. The average Bonchev–Trinajstić information content (AvgIpc) is 2.62. The standard InChI is InChI=1S/C10H18ClN3O/c1-5-6-14-8(7-11)12-13-9(14)10(2,3)15-4/h5-7H2,1-4H3. The minimum Gasteiger partial charge on any atom is -0.371 e. The molecule has 5 heteroatoms. The van der Waals surface area contributed by atoms with Crippen molar-refractivity contribution in [1.29, 1.82) is 0 Å². The highest BCUT2D eigenvalue weighted by atomic mass is 35.5. The maximum Gasteiger partial charge on any atom is 0.164 e. The van der Waals surface area contributed by atoms with Gasteiger partial charge in [-0.25, -0.2) is 0 Å². The fourth-order valence-corrected chi connectivity index (χ4v) is 1.63. The third-order valence-electron chi connectivity index (χ3n) is 2.44. The van der Waals surface area contributed by atoms with Crippen LogP contribution in [0.5, 0.6) is 0 Å². The minimum absolute atomic E-state index is 0.382. The van der Waals surface area contributed by atoms with Crippen molar-refractivity contribution < 1.29 is 4.74 Å². The predicted octanol–water partition coefficient (Wildman–Crippen LogP) is 2.31. The molecule has 1 heterocycles. The van der Waals surface area contributed by atoms with E-state index in [2.05, 4.69) is 17.1 Å². The van der Waals surface area contributed by atoms with Crippen LogP contribution in [-0.2, 0) is 22.8 Å². The van der Waals surface area contributed by atoms with E-state index in [1.807, 2.05) is 18.4 Å². The molecule has 0 aliphatic heterocycles. The Kier molecular flexibility index (Phi) is 4.11. The summed E-state index contributed by atoms with van der Waals surface area (Å²) in [6.45, 7) is 6.93. The first kappa shape index (κ1) is 12.5. The van der Waals surface area contributed by atoms with Crippen molar-refractivity contribution in [3.05, 3.63) is 11.6 Å². The van der Waals surface area contributed by atoms with Crippen molar-refractivity contribution in [1.82, 2.24) is 14.8 Å². The van der Waals surface area contributed by atoms with Crippen LogP contribution in [0.3, 0.4) is 0 Å². The maximum absolute atomic E-state index is 5.81. The molecule has 0 atom stereocenters. The number of methoxy groups -OCH3 is 1. The van der Waals surface area contributed by atoms with Crippen molar-refractivity contribution in [3.8, 4) is 0 Å². The number of hydrogen-bond donors (Lipinski definition) is 0. The second kappa shape index (κ2) is 4.94. The van der Waals surface area contributed by atoms with Crippen LogP contribution in [0.1, 0.15) is 38.8 Å². The summed E-state index contributed by atoms with van der Waals surface area (Å²) in [6, 6.07) is 0. The molecule has 0 aliphatic rings. The van der Waals surface area contributed by atoms with E-state index in [1.54, 1.807) is 7.11 Å². The average molecular weight is 232 g/mol. The molecular formula is C10H18ClN3O. The molecule has 15 heavy (non-hydrogen) atoms. The van der Waals surface area contributed by atoms with E-state index < -0.39 is 5.60 Å². The molecule has 0 bridgehead atoms. The maximum atomic E-state index is 5.81. The van der Waals surface area contributed by atoms with Gasteiger partial charge in [-0.15, -0.1) is 21.8 Å². The molecule has 4 nitrogen and oxygen atoms in total. The first-order valence-electron chi connectivity index (χ1n) is 5.10. The Morgan fingerprint density at radius 2 is 2.07 bits per heavy atom. The van der Waals surface area contributed by atoms with E-state index in [9.17, 15) is 0 Å². The first-order valence-corrected chi connectivity index (χ1v) is 5.64. The summed E-state index contributed by atoms with van der Waals surface area (Å²) in [4.78, 5) is 0. The molecule has 0 unspecified atom stereocenters. The van der Waals surface area contributed by atoms with E-state index in [-0.39, 0.29) is 0 Å². The van der Waals surface area contributed by atoms with Gasteiger partial charge in [0.2, 0.25) is 0 Å². The van der Waals surface area contributed by atoms with Crippen molar-refractivity contribution >= 4 is 11.6 Å². The van der Waals surface area contributed by atoms with Gasteiger partial charge in [0.25, 0.3) is 0 Å². The summed E-state index contributed by atoms with van der Waals surface area (Å²) < 4.78 is 7.44. The lowest BCUT2D eigenvalue weighted by Crippen LogP contribution is -2.25. The van der Waals surface area contributed by atoms with E-state index in [0.29, 0.717) is 5.88 Å². The SMILES string of the molecule is CCCn1c(CCl)nnc1C(C)(C)OC. The zero-order chi connectivity index (χ0) is 11.5. The van der Waals surface area contributed by atoms with Crippen molar-refractivity contribution in [3.63, 3.8) is 0 Å². The fraction of sp³-hybridized carbons (Fsp3) is 0.800. The zero-order valence-corrected chi connectivity index (χ0v) is 10.5. The molecule has 86 valence electrons. The minimum atomic E-state index is -0.424. The highest BCUT2D eigenvalue weighted by Gasteiger charge is 2.27. The van der Waals surface area contributed by atoms with Crippen LogP contribution < -0.4 is 0 Å². The number of nitrogens with zero attached hydrogens (tertiary/aromatic N) is 3. The predicted molar refractivity (Wildman–Crippen MR) is 59.9 cm³/mol. The Morgan fingerprint density at radius 3 is 2.53 bits per heavy atom. The van der Waals surface area contributed by atoms with Gasteiger partial charge in [0.15, 0.2) is 5.82 Å². The number of hydrogen-bond acceptors (Lipinski definition) is 3. The Balaban J connectivity index is 3.12. The highest BCUT2D eigenvalue weighted by molar-refractivity contribution is 6.16. The summed E-state index contributed by atoms with van der Waals surface area (Å²) in [5, 5.41) is 8.22. The quantitative estimate of drug-likeness (QED) is 0.731. The molecule has 1 aromatic rings. The summed E-state index contributed by atoms with van der Waals surface area (Å²) in [7, 11) is 1.67. The van der Waals surface area contributed by atoms with Crippen molar-refractivity contribution in [2.75, 3.05) is 7.11 Å². The lowest BCUT2D eigenvalue weighted by atomic mass is 10.1. The van der Waals surface area contributed by atoms with Crippen LogP contribution in [0.4, 0.5) is 0 Å². The monoisotopic (exact) mass is 231 g/mol.